The maximum absolute atomic E-state index is 12.9. The summed E-state index contributed by atoms with van der Waals surface area (Å²) >= 11 is 6.32. The molecule has 4 rings (SSSR count). The van der Waals surface area contributed by atoms with Crippen molar-refractivity contribution in [1.29, 1.82) is 0 Å². The predicted molar refractivity (Wildman–Crippen MR) is 129 cm³/mol. The number of anilines is 2. The first-order valence-corrected chi connectivity index (χ1v) is 11.2. The van der Waals surface area contributed by atoms with Crippen LogP contribution in [0.1, 0.15) is 25.0 Å². The van der Waals surface area contributed by atoms with Gasteiger partial charge in [-0.2, -0.15) is 0 Å². The monoisotopic (exact) mass is 464 g/mol. The minimum atomic E-state index is -0.618. The normalized spacial score (nSPS) is 14.9. The summed E-state index contributed by atoms with van der Waals surface area (Å²) in [5.41, 5.74) is 3.14. The van der Waals surface area contributed by atoms with E-state index in [-0.39, 0.29) is 18.4 Å². The Labute approximate surface area is 198 Å². The molecule has 0 saturated carbocycles. The first-order valence-electron chi connectivity index (χ1n) is 10.8. The molecule has 1 heterocycles. The molecule has 0 aliphatic carbocycles. The van der Waals surface area contributed by atoms with Gasteiger partial charge in [0.15, 0.2) is 12.7 Å². The van der Waals surface area contributed by atoms with Crippen molar-refractivity contribution in [2.24, 2.45) is 0 Å². The average Bonchev–Trinajstić information content (AvgIpc) is 2.82. The molecule has 170 valence electrons. The lowest BCUT2D eigenvalue weighted by atomic mass is 10.1. The molecule has 1 N–H and O–H groups in total. The maximum atomic E-state index is 12.9. The molecule has 0 aromatic heterocycles. The second-order valence-corrected chi connectivity index (χ2v) is 8.20. The SMILES string of the molecule is CCc1ccc(OCC(=O)Nc2ccc3c(c2)N(Cc2ccccc2Cl)C(=O)C(C)O3)cc1. The van der Waals surface area contributed by atoms with Crippen LogP contribution in [0.2, 0.25) is 5.02 Å². The number of rotatable bonds is 7. The lowest BCUT2D eigenvalue weighted by molar-refractivity contribution is -0.125. The van der Waals surface area contributed by atoms with E-state index in [1.54, 1.807) is 36.1 Å². The van der Waals surface area contributed by atoms with E-state index >= 15 is 0 Å². The molecular formula is C26H25ClN2O4. The van der Waals surface area contributed by atoms with E-state index in [2.05, 4.69) is 12.2 Å². The van der Waals surface area contributed by atoms with Gasteiger partial charge in [0, 0.05) is 10.7 Å². The lowest BCUT2D eigenvalue weighted by Crippen LogP contribution is -2.44. The van der Waals surface area contributed by atoms with Gasteiger partial charge in [-0.1, -0.05) is 48.9 Å². The Morgan fingerprint density at radius 3 is 2.61 bits per heavy atom. The van der Waals surface area contributed by atoms with E-state index in [9.17, 15) is 9.59 Å². The summed E-state index contributed by atoms with van der Waals surface area (Å²) < 4.78 is 11.3. The number of hydrogen-bond donors (Lipinski definition) is 1. The van der Waals surface area contributed by atoms with Crippen LogP contribution in [-0.2, 0) is 22.6 Å². The van der Waals surface area contributed by atoms with Crippen LogP contribution >= 0.6 is 11.6 Å². The van der Waals surface area contributed by atoms with Crippen LogP contribution in [0.15, 0.2) is 66.7 Å². The molecule has 0 spiro atoms. The number of carbonyl (C=O) groups is 2. The Hall–Kier alpha value is -3.51. The molecule has 0 fully saturated rings. The molecule has 33 heavy (non-hydrogen) atoms. The van der Waals surface area contributed by atoms with Crippen LogP contribution in [0.5, 0.6) is 11.5 Å². The Morgan fingerprint density at radius 1 is 1.12 bits per heavy atom. The van der Waals surface area contributed by atoms with Crippen molar-refractivity contribution in [2.45, 2.75) is 32.9 Å². The number of ether oxygens (including phenoxy) is 2. The quantitative estimate of drug-likeness (QED) is 0.519. The lowest BCUT2D eigenvalue weighted by Gasteiger charge is -2.33. The van der Waals surface area contributed by atoms with Gasteiger partial charge >= 0.3 is 0 Å². The second-order valence-electron chi connectivity index (χ2n) is 7.79. The topological polar surface area (TPSA) is 67.9 Å². The van der Waals surface area contributed by atoms with Gasteiger partial charge in [0.05, 0.1) is 12.2 Å². The van der Waals surface area contributed by atoms with Crippen LogP contribution in [0.4, 0.5) is 11.4 Å². The number of nitrogens with one attached hydrogen (secondary N) is 1. The van der Waals surface area contributed by atoms with Crippen LogP contribution in [0.25, 0.3) is 0 Å². The van der Waals surface area contributed by atoms with Crippen molar-refractivity contribution >= 4 is 34.8 Å². The summed E-state index contributed by atoms with van der Waals surface area (Å²) in [6.07, 6.45) is 0.324. The molecule has 0 bridgehead atoms. The van der Waals surface area contributed by atoms with Gasteiger partial charge < -0.3 is 19.7 Å². The smallest absolute Gasteiger partial charge is 0.268 e. The van der Waals surface area contributed by atoms with Gasteiger partial charge in [-0.05, 0) is 60.9 Å². The largest absolute Gasteiger partial charge is 0.484 e. The fraction of sp³-hybridized carbons (Fsp3) is 0.231. The zero-order valence-corrected chi connectivity index (χ0v) is 19.3. The third-order valence-electron chi connectivity index (χ3n) is 5.44. The zero-order chi connectivity index (χ0) is 23.4. The average molecular weight is 465 g/mol. The zero-order valence-electron chi connectivity index (χ0n) is 18.5. The fourth-order valence-electron chi connectivity index (χ4n) is 3.61. The molecule has 1 atom stereocenters. The highest BCUT2D eigenvalue weighted by molar-refractivity contribution is 6.31. The van der Waals surface area contributed by atoms with E-state index in [1.807, 2.05) is 42.5 Å². The van der Waals surface area contributed by atoms with Gasteiger partial charge in [0.1, 0.15) is 11.5 Å². The highest BCUT2D eigenvalue weighted by atomic mass is 35.5. The van der Waals surface area contributed by atoms with Crippen molar-refractivity contribution in [2.75, 3.05) is 16.8 Å². The number of aryl methyl sites for hydroxylation is 1. The Balaban J connectivity index is 1.48. The molecular weight excluding hydrogens is 440 g/mol. The van der Waals surface area contributed by atoms with E-state index < -0.39 is 6.10 Å². The number of hydrogen-bond acceptors (Lipinski definition) is 4. The minimum Gasteiger partial charge on any atom is -0.484 e. The molecule has 3 aromatic rings. The summed E-state index contributed by atoms with van der Waals surface area (Å²) in [6, 6.07) is 20.3. The molecule has 2 amide bonds. The van der Waals surface area contributed by atoms with E-state index in [0.717, 1.165) is 12.0 Å². The van der Waals surface area contributed by atoms with Crippen LogP contribution in [-0.4, -0.2) is 24.5 Å². The van der Waals surface area contributed by atoms with Crippen LogP contribution < -0.4 is 19.7 Å². The van der Waals surface area contributed by atoms with E-state index in [4.69, 9.17) is 21.1 Å². The summed E-state index contributed by atoms with van der Waals surface area (Å²) in [5, 5.41) is 3.41. The maximum Gasteiger partial charge on any atom is 0.268 e. The Bertz CT molecular complexity index is 1160. The van der Waals surface area contributed by atoms with Crippen molar-refractivity contribution in [3.63, 3.8) is 0 Å². The van der Waals surface area contributed by atoms with Crippen molar-refractivity contribution in [1.82, 2.24) is 0 Å². The number of fused-ring (bicyclic) bond motifs is 1. The number of halogens is 1. The summed E-state index contributed by atoms with van der Waals surface area (Å²) in [4.78, 5) is 27.0. The number of amides is 2. The number of benzene rings is 3. The minimum absolute atomic E-state index is 0.127. The Kier molecular flexibility index (Phi) is 6.84. The predicted octanol–water partition coefficient (Wildman–Crippen LogP) is 5.23. The first kappa shape index (κ1) is 22.7. The number of nitrogens with zero attached hydrogens (tertiary/aromatic N) is 1. The third kappa shape index (κ3) is 5.29. The summed E-state index contributed by atoms with van der Waals surface area (Å²) in [7, 11) is 0. The van der Waals surface area contributed by atoms with Crippen molar-refractivity contribution in [3.8, 4) is 11.5 Å². The molecule has 0 radical (unpaired) electrons. The first-order chi connectivity index (χ1) is 15.9. The molecule has 0 saturated heterocycles. The Morgan fingerprint density at radius 2 is 1.88 bits per heavy atom. The molecule has 1 aliphatic heterocycles. The molecule has 1 aliphatic rings. The van der Waals surface area contributed by atoms with E-state index in [1.165, 1.54) is 5.56 Å². The van der Waals surface area contributed by atoms with Gasteiger partial charge in [-0.3, -0.25) is 9.59 Å². The van der Waals surface area contributed by atoms with Crippen molar-refractivity contribution in [3.05, 3.63) is 82.9 Å². The second kappa shape index (κ2) is 9.96. The number of carbonyl (C=O) groups excluding carboxylic acids is 2. The molecule has 3 aromatic carbocycles. The summed E-state index contributed by atoms with van der Waals surface area (Å²) in [6.45, 7) is 3.97. The van der Waals surface area contributed by atoms with Gasteiger partial charge in [-0.15, -0.1) is 0 Å². The van der Waals surface area contributed by atoms with E-state index in [0.29, 0.717) is 34.4 Å². The molecule has 7 heteroatoms. The third-order valence-corrected chi connectivity index (χ3v) is 5.81. The fourth-order valence-corrected chi connectivity index (χ4v) is 3.81. The van der Waals surface area contributed by atoms with Gasteiger partial charge in [0.25, 0.3) is 11.8 Å². The molecule has 6 nitrogen and oxygen atoms in total. The summed E-state index contributed by atoms with van der Waals surface area (Å²) in [5.74, 6) is 0.722. The van der Waals surface area contributed by atoms with Gasteiger partial charge in [-0.25, -0.2) is 0 Å². The highest BCUT2D eigenvalue weighted by Gasteiger charge is 2.32. The van der Waals surface area contributed by atoms with Crippen LogP contribution in [0.3, 0.4) is 0 Å². The van der Waals surface area contributed by atoms with Crippen LogP contribution in [0, 0.1) is 0 Å². The highest BCUT2D eigenvalue weighted by Crippen LogP contribution is 2.37. The van der Waals surface area contributed by atoms with Gasteiger partial charge in [0.2, 0.25) is 0 Å². The molecule has 1 unspecified atom stereocenters. The standard InChI is InChI=1S/C26H25ClN2O4/c1-3-18-8-11-21(12-9-18)32-16-25(30)28-20-10-13-24-23(14-20)29(26(31)17(2)33-24)15-19-6-4-5-7-22(19)27/h4-14,17H,3,15-16H2,1-2H3,(H,28,30). The van der Waals surface area contributed by atoms with Crippen molar-refractivity contribution < 1.29 is 19.1 Å².